The first-order valence-corrected chi connectivity index (χ1v) is 8.56. The summed E-state index contributed by atoms with van der Waals surface area (Å²) in [5.74, 6) is -0.228. The number of benzene rings is 2. The lowest BCUT2D eigenvalue weighted by atomic mass is 10.1. The molecule has 128 valence electrons. The van der Waals surface area contributed by atoms with Crippen molar-refractivity contribution in [1.29, 1.82) is 0 Å². The number of nitrogens with one attached hydrogen (secondary N) is 1. The van der Waals surface area contributed by atoms with Gasteiger partial charge in [0.05, 0.1) is 28.5 Å². The summed E-state index contributed by atoms with van der Waals surface area (Å²) in [7, 11) is 0. The summed E-state index contributed by atoms with van der Waals surface area (Å²) in [5.41, 5.74) is 3.52. The number of rotatable bonds is 4. The molecule has 4 nitrogen and oxygen atoms in total. The standard InChI is InChI=1S/C19H17Cl2N3O/c1-12-18(19(25)22-17-10-6-5-9-16(17)21)13(2)24(23-12)11-14-7-3-4-8-15(14)20/h3-10H,11H2,1-2H3,(H,22,25). The number of anilines is 1. The summed E-state index contributed by atoms with van der Waals surface area (Å²) in [4.78, 5) is 12.7. The van der Waals surface area contributed by atoms with Gasteiger partial charge in [-0.05, 0) is 37.6 Å². The molecule has 1 amide bonds. The molecule has 1 heterocycles. The monoisotopic (exact) mass is 373 g/mol. The third-order valence-corrected chi connectivity index (χ3v) is 4.71. The van der Waals surface area contributed by atoms with Crippen LogP contribution in [0, 0.1) is 13.8 Å². The SMILES string of the molecule is Cc1nn(Cc2ccccc2Cl)c(C)c1C(=O)Nc1ccccc1Cl. The highest BCUT2D eigenvalue weighted by Crippen LogP contribution is 2.23. The van der Waals surface area contributed by atoms with Gasteiger partial charge in [-0.25, -0.2) is 0 Å². The maximum absolute atomic E-state index is 12.7. The van der Waals surface area contributed by atoms with Crippen LogP contribution in [0.1, 0.15) is 27.3 Å². The zero-order valence-corrected chi connectivity index (χ0v) is 15.4. The van der Waals surface area contributed by atoms with Crippen LogP contribution in [-0.2, 0) is 6.54 Å². The van der Waals surface area contributed by atoms with Gasteiger partial charge in [0.2, 0.25) is 0 Å². The van der Waals surface area contributed by atoms with Crippen molar-refractivity contribution in [2.24, 2.45) is 0 Å². The van der Waals surface area contributed by atoms with Crippen molar-refractivity contribution in [3.63, 3.8) is 0 Å². The molecule has 0 radical (unpaired) electrons. The smallest absolute Gasteiger partial charge is 0.259 e. The topological polar surface area (TPSA) is 46.9 Å². The summed E-state index contributed by atoms with van der Waals surface area (Å²) in [5, 5.41) is 8.52. The lowest BCUT2D eigenvalue weighted by Gasteiger charge is -2.09. The normalized spacial score (nSPS) is 10.7. The average molecular weight is 374 g/mol. The van der Waals surface area contributed by atoms with E-state index < -0.39 is 0 Å². The quantitative estimate of drug-likeness (QED) is 0.690. The van der Waals surface area contributed by atoms with E-state index in [9.17, 15) is 4.79 Å². The summed E-state index contributed by atoms with van der Waals surface area (Å²) in [6.07, 6.45) is 0. The van der Waals surface area contributed by atoms with Crippen molar-refractivity contribution >= 4 is 34.8 Å². The largest absolute Gasteiger partial charge is 0.321 e. The fourth-order valence-electron chi connectivity index (χ4n) is 2.71. The predicted octanol–water partition coefficient (Wildman–Crippen LogP) is 5.11. The van der Waals surface area contributed by atoms with Crippen LogP contribution in [0.5, 0.6) is 0 Å². The molecule has 0 aliphatic carbocycles. The number of para-hydroxylation sites is 1. The summed E-state index contributed by atoms with van der Waals surface area (Å²) < 4.78 is 1.79. The van der Waals surface area contributed by atoms with Crippen LogP contribution in [-0.4, -0.2) is 15.7 Å². The third-order valence-electron chi connectivity index (χ3n) is 4.01. The van der Waals surface area contributed by atoms with Crippen LogP contribution < -0.4 is 5.32 Å². The minimum absolute atomic E-state index is 0.228. The van der Waals surface area contributed by atoms with E-state index in [1.165, 1.54) is 0 Å². The van der Waals surface area contributed by atoms with E-state index >= 15 is 0 Å². The van der Waals surface area contributed by atoms with E-state index in [1.807, 2.05) is 50.2 Å². The van der Waals surface area contributed by atoms with Crippen molar-refractivity contribution in [1.82, 2.24) is 9.78 Å². The molecule has 1 aromatic heterocycles. The van der Waals surface area contributed by atoms with E-state index in [4.69, 9.17) is 23.2 Å². The summed E-state index contributed by atoms with van der Waals surface area (Å²) >= 11 is 12.3. The van der Waals surface area contributed by atoms with Gasteiger partial charge in [0, 0.05) is 10.7 Å². The number of nitrogens with zero attached hydrogens (tertiary/aromatic N) is 2. The van der Waals surface area contributed by atoms with E-state index in [-0.39, 0.29) is 5.91 Å². The molecule has 25 heavy (non-hydrogen) atoms. The maximum Gasteiger partial charge on any atom is 0.259 e. The van der Waals surface area contributed by atoms with E-state index in [0.29, 0.717) is 33.5 Å². The predicted molar refractivity (Wildman–Crippen MR) is 102 cm³/mol. The van der Waals surface area contributed by atoms with Crippen LogP contribution >= 0.6 is 23.2 Å². The molecule has 0 aliphatic heterocycles. The zero-order chi connectivity index (χ0) is 18.0. The number of amides is 1. The van der Waals surface area contributed by atoms with Crippen LogP contribution in [0.3, 0.4) is 0 Å². The minimum atomic E-state index is -0.228. The first kappa shape index (κ1) is 17.5. The van der Waals surface area contributed by atoms with Crippen LogP contribution in [0.15, 0.2) is 48.5 Å². The number of halogens is 2. The highest BCUT2D eigenvalue weighted by Gasteiger charge is 2.19. The first-order valence-electron chi connectivity index (χ1n) is 7.80. The Kier molecular flexibility index (Phi) is 5.11. The Bertz CT molecular complexity index is 934. The molecule has 0 atom stereocenters. The number of hydrogen-bond acceptors (Lipinski definition) is 2. The molecule has 0 saturated carbocycles. The molecule has 6 heteroatoms. The van der Waals surface area contributed by atoms with Gasteiger partial charge in [0.15, 0.2) is 0 Å². The van der Waals surface area contributed by atoms with Crippen LogP contribution in [0.2, 0.25) is 10.0 Å². The van der Waals surface area contributed by atoms with Crippen molar-refractivity contribution in [3.8, 4) is 0 Å². The molecule has 0 bridgehead atoms. The van der Waals surface area contributed by atoms with E-state index in [0.717, 1.165) is 11.3 Å². The Hall–Kier alpha value is -2.30. The highest BCUT2D eigenvalue weighted by atomic mass is 35.5. The number of aryl methyl sites for hydroxylation is 1. The van der Waals surface area contributed by atoms with Gasteiger partial charge in [-0.3, -0.25) is 9.48 Å². The fraction of sp³-hybridized carbons (Fsp3) is 0.158. The van der Waals surface area contributed by atoms with Crippen molar-refractivity contribution in [3.05, 3.63) is 81.1 Å². The minimum Gasteiger partial charge on any atom is -0.321 e. The van der Waals surface area contributed by atoms with Crippen LogP contribution in [0.4, 0.5) is 5.69 Å². The molecular weight excluding hydrogens is 357 g/mol. The van der Waals surface area contributed by atoms with Gasteiger partial charge in [-0.15, -0.1) is 0 Å². The number of carbonyl (C=O) groups excluding carboxylic acids is 1. The molecule has 3 rings (SSSR count). The van der Waals surface area contributed by atoms with Gasteiger partial charge in [-0.2, -0.15) is 5.10 Å². The molecule has 0 unspecified atom stereocenters. The third kappa shape index (κ3) is 3.70. The van der Waals surface area contributed by atoms with Crippen molar-refractivity contribution < 1.29 is 4.79 Å². The second kappa shape index (κ2) is 7.30. The molecule has 0 saturated heterocycles. The highest BCUT2D eigenvalue weighted by molar-refractivity contribution is 6.34. The maximum atomic E-state index is 12.7. The molecular formula is C19H17Cl2N3O. The number of aromatic nitrogens is 2. The number of hydrogen-bond donors (Lipinski definition) is 1. The van der Waals surface area contributed by atoms with Gasteiger partial charge in [-0.1, -0.05) is 53.5 Å². The molecule has 3 aromatic rings. The van der Waals surface area contributed by atoms with Crippen LogP contribution in [0.25, 0.3) is 0 Å². The zero-order valence-electron chi connectivity index (χ0n) is 13.9. The summed E-state index contributed by atoms with van der Waals surface area (Å²) in [6, 6.07) is 14.7. The summed E-state index contributed by atoms with van der Waals surface area (Å²) in [6.45, 7) is 4.20. The van der Waals surface area contributed by atoms with Crippen molar-refractivity contribution in [2.75, 3.05) is 5.32 Å². The molecule has 0 aliphatic rings. The Morgan fingerprint density at radius 2 is 1.68 bits per heavy atom. The Morgan fingerprint density at radius 3 is 2.36 bits per heavy atom. The van der Waals surface area contributed by atoms with Gasteiger partial charge in [0.25, 0.3) is 5.91 Å². The lowest BCUT2D eigenvalue weighted by molar-refractivity contribution is 0.102. The van der Waals surface area contributed by atoms with Gasteiger partial charge in [0.1, 0.15) is 0 Å². The lowest BCUT2D eigenvalue weighted by Crippen LogP contribution is -2.14. The molecule has 0 fully saturated rings. The van der Waals surface area contributed by atoms with E-state index in [1.54, 1.807) is 16.8 Å². The Balaban J connectivity index is 1.88. The molecule has 0 spiro atoms. The second-order valence-corrected chi connectivity index (χ2v) is 6.54. The first-order chi connectivity index (χ1) is 12.0. The molecule has 1 N–H and O–H groups in total. The molecule has 2 aromatic carbocycles. The Morgan fingerprint density at radius 1 is 1.04 bits per heavy atom. The fourth-order valence-corrected chi connectivity index (χ4v) is 3.09. The van der Waals surface area contributed by atoms with Gasteiger partial charge < -0.3 is 5.32 Å². The number of carbonyl (C=O) groups is 1. The average Bonchev–Trinajstić information content (AvgIpc) is 2.86. The Labute approximate surface area is 156 Å². The van der Waals surface area contributed by atoms with Gasteiger partial charge >= 0.3 is 0 Å². The van der Waals surface area contributed by atoms with E-state index in [2.05, 4.69) is 10.4 Å². The second-order valence-electron chi connectivity index (χ2n) is 5.73. The van der Waals surface area contributed by atoms with Crippen molar-refractivity contribution in [2.45, 2.75) is 20.4 Å².